The number of carbonyl (C=O) groups excluding carboxylic acids is 2. The summed E-state index contributed by atoms with van der Waals surface area (Å²) < 4.78 is 0. The number of likely N-dealkylation sites (tertiary alicyclic amines) is 1. The number of piperidine rings is 1. The minimum atomic E-state index is -0.816. The van der Waals surface area contributed by atoms with Gasteiger partial charge in [0.15, 0.2) is 0 Å². The lowest BCUT2D eigenvalue weighted by molar-refractivity contribution is -0.153. The minimum absolute atomic E-state index is 0.153. The topological polar surface area (TPSA) is 86.7 Å². The first kappa shape index (κ1) is 17.5. The van der Waals surface area contributed by atoms with Gasteiger partial charge in [0.1, 0.15) is 6.04 Å². The molecule has 1 saturated heterocycles. The molecule has 120 valence electrons. The zero-order chi connectivity index (χ0) is 16.4. The fourth-order valence-corrected chi connectivity index (χ4v) is 2.18. The fraction of sp³-hybridized carbons (Fsp3) is 0.800. The van der Waals surface area contributed by atoms with E-state index in [2.05, 4.69) is 5.32 Å². The molecule has 1 unspecified atom stereocenters. The number of carbonyl (C=O) groups is 3. The Labute approximate surface area is 125 Å². The number of nitrogens with one attached hydrogen (secondary N) is 1. The Balaban J connectivity index is 2.58. The molecule has 0 radical (unpaired) electrons. The van der Waals surface area contributed by atoms with Gasteiger partial charge in [-0.1, -0.05) is 20.8 Å². The van der Waals surface area contributed by atoms with Crippen molar-refractivity contribution in [3.63, 3.8) is 0 Å². The Morgan fingerprint density at radius 3 is 2.05 bits per heavy atom. The second-order valence-corrected chi connectivity index (χ2v) is 7.14. The number of carboxylic acid groups (broad SMARTS) is 1. The first-order chi connectivity index (χ1) is 9.47. The number of nitrogens with zero attached hydrogens (tertiary/aromatic N) is 1. The number of rotatable bonds is 3. The molecule has 1 aliphatic rings. The quantitative estimate of drug-likeness (QED) is 0.821. The van der Waals surface area contributed by atoms with Gasteiger partial charge in [-0.3, -0.25) is 14.4 Å². The first-order valence-corrected chi connectivity index (χ1v) is 7.30. The van der Waals surface area contributed by atoms with Crippen LogP contribution in [0.5, 0.6) is 0 Å². The molecular formula is C15H26N2O4. The van der Waals surface area contributed by atoms with E-state index in [4.69, 9.17) is 0 Å². The molecule has 0 aromatic heterocycles. The van der Waals surface area contributed by atoms with E-state index in [9.17, 15) is 19.5 Å². The van der Waals surface area contributed by atoms with Gasteiger partial charge in [-0.15, -0.1) is 0 Å². The van der Waals surface area contributed by atoms with E-state index >= 15 is 0 Å². The van der Waals surface area contributed by atoms with Crippen LogP contribution >= 0.6 is 0 Å². The van der Waals surface area contributed by atoms with E-state index in [1.807, 2.05) is 0 Å². The average molecular weight is 298 g/mol. The summed E-state index contributed by atoms with van der Waals surface area (Å²) in [5, 5.41) is 11.9. The second kappa shape index (κ2) is 6.03. The van der Waals surface area contributed by atoms with Gasteiger partial charge in [0.25, 0.3) is 0 Å². The van der Waals surface area contributed by atoms with E-state index in [0.717, 1.165) is 0 Å². The zero-order valence-electron chi connectivity index (χ0n) is 13.5. The average Bonchev–Trinajstić information content (AvgIpc) is 2.37. The van der Waals surface area contributed by atoms with Crippen LogP contribution in [0.1, 0.15) is 47.5 Å². The molecule has 1 heterocycles. The maximum atomic E-state index is 12.3. The maximum absolute atomic E-state index is 12.3. The molecule has 1 atom stereocenters. The number of aliphatic carboxylic acids is 1. The molecule has 21 heavy (non-hydrogen) atoms. The second-order valence-electron chi connectivity index (χ2n) is 7.14. The summed E-state index contributed by atoms with van der Waals surface area (Å²) in [7, 11) is 0. The lowest BCUT2D eigenvalue weighted by Gasteiger charge is -2.37. The zero-order valence-corrected chi connectivity index (χ0v) is 13.5. The fourth-order valence-electron chi connectivity index (χ4n) is 2.18. The largest absolute Gasteiger partial charge is 0.481 e. The van der Waals surface area contributed by atoms with Gasteiger partial charge in [-0.2, -0.15) is 0 Å². The minimum Gasteiger partial charge on any atom is -0.481 e. The van der Waals surface area contributed by atoms with Gasteiger partial charge in [0.05, 0.1) is 5.41 Å². The molecule has 0 spiro atoms. The van der Waals surface area contributed by atoms with Crippen molar-refractivity contribution in [2.45, 2.75) is 53.5 Å². The molecule has 0 aromatic rings. The van der Waals surface area contributed by atoms with Crippen molar-refractivity contribution in [3.8, 4) is 0 Å². The van der Waals surface area contributed by atoms with Crippen LogP contribution in [0, 0.1) is 10.8 Å². The summed E-state index contributed by atoms with van der Waals surface area (Å²) in [6.45, 7) is 9.57. The third-order valence-corrected chi connectivity index (χ3v) is 4.09. The highest BCUT2D eigenvalue weighted by Gasteiger charge is 2.39. The first-order valence-electron chi connectivity index (χ1n) is 7.30. The molecule has 0 aromatic carbocycles. The predicted molar refractivity (Wildman–Crippen MR) is 78.6 cm³/mol. The third kappa shape index (κ3) is 4.19. The van der Waals surface area contributed by atoms with Crippen LogP contribution in [0.15, 0.2) is 0 Å². The molecule has 0 aliphatic carbocycles. The van der Waals surface area contributed by atoms with Crippen LogP contribution in [0.3, 0.4) is 0 Å². The van der Waals surface area contributed by atoms with Crippen LogP contribution in [-0.2, 0) is 14.4 Å². The van der Waals surface area contributed by atoms with Crippen molar-refractivity contribution >= 4 is 17.8 Å². The molecule has 2 amide bonds. The van der Waals surface area contributed by atoms with Crippen LogP contribution in [0.4, 0.5) is 0 Å². The van der Waals surface area contributed by atoms with E-state index in [0.29, 0.717) is 25.9 Å². The summed E-state index contributed by atoms with van der Waals surface area (Å²) in [5.74, 6) is -1.14. The standard InChI is InChI=1S/C15H26N2O4/c1-10(16-12(19)14(2,3)4)11(18)17-8-6-15(5,7-9-17)13(20)21/h10H,6-9H2,1-5H3,(H,16,19)(H,20,21). The van der Waals surface area contributed by atoms with Crippen molar-refractivity contribution in [3.05, 3.63) is 0 Å². The summed E-state index contributed by atoms with van der Waals surface area (Å²) in [6.07, 6.45) is 0.877. The Morgan fingerprint density at radius 1 is 1.19 bits per heavy atom. The van der Waals surface area contributed by atoms with E-state index < -0.39 is 22.8 Å². The smallest absolute Gasteiger partial charge is 0.309 e. The van der Waals surface area contributed by atoms with Crippen LogP contribution in [0.2, 0.25) is 0 Å². The molecule has 6 nitrogen and oxygen atoms in total. The molecule has 1 aliphatic heterocycles. The number of carboxylic acids is 1. The van der Waals surface area contributed by atoms with Gasteiger partial charge in [-0.25, -0.2) is 0 Å². The summed E-state index contributed by atoms with van der Waals surface area (Å²) in [5.41, 5.74) is -1.30. The monoisotopic (exact) mass is 298 g/mol. The third-order valence-electron chi connectivity index (χ3n) is 4.09. The Hall–Kier alpha value is -1.59. The molecule has 6 heteroatoms. The Morgan fingerprint density at radius 2 is 1.67 bits per heavy atom. The van der Waals surface area contributed by atoms with Crippen LogP contribution < -0.4 is 5.32 Å². The predicted octanol–water partition coefficient (Wildman–Crippen LogP) is 1.25. The van der Waals surface area contributed by atoms with Crippen molar-refractivity contribution in [1.82, 2.24) is 10.2 Å². The van der Waals surface area contributed by atoms with Gasteiger partial charge in [0, 0.05) is 18.5 Å². The SMILES string of the molecule is CC(NC(=O)C(C)(C)C)C(=O)N1CCC(C)(C(=O)O)CC1. The number of hydrogen-bond acceptors (Lipinski definition) is 3. The molecule has 1 rings (SSSR count). The van der Waals surface area contributed by atoms with Gasteiger partial charge < -0.3 is 15.3 Å². The Bertz CT molecular complexity index is 431. The van der Waals surface area contributed by atoms with Gasteiger partial charge in [-0.05, 0) is 26.7 Å². The summed E-state index contributed by atoms with van der Waals surface area (Å²) in [6, 6.07) is -0.592. The van der Waals surface area contributed by atoms with E-state index in [1.165, 1.54) is 0 Å². The van der Waals surface area contributed by atoms with Crippen molar-refractivity contribution in [1.29, 1.82) is 0 Å². The molecule has 0 saturated carbocycles. The number of amides is 2. The summed E-state index contributed by atoms with van der Waals surface area (Å²) in [4.78, 5) is 37.0. The van der Waals surface area contributed by atoms with E-state index in [1.54, 1.807) is 39.5 Å². The van der Waals surface area contributed by atoms with Crippen molar-refractivity contribution < 1.29 is 19.5 Å². The highest BCUT2D eigenvalue weighted by atomic mass is 16.4. The molecular weight excluding hydrogens is 272 g/mol. The van der Waals surface area contributed by atoms with E-state index in [-0.39, 0.29) is 11.8 Å². The summed E-state index contributed by atoms with van der Waals surface area (Å²) >= 11 is 0. The normalized spacial score (nSPS) is 19.8. The van der Waals surface area contributed by atoms with Crippen molar-refractivity contribution in [2.24, 2.45) is 10.8 Å². The highest BCUT2D eigenvalue weighted by Crippen LogP contribution is 2.31. The highest BCUT2D eigenvalue weighted by molar-refractivity contribution is 5.89. The number of hydrogen-bond donors (Lipinski definition) is 2. The Kier molecular flexibility index (Phi) is 5.02. The molecule has 0 bridgehead atoms. The van der Waals surface area contributed by atoms with Crippen LogP contribution in [0.25, 0.3) is 0 Å². The van der Waals surface area contributed by atoms with Crippen LogP contribution in [-0.4, -0.2) is 46.9 Å². The van der Waals surface area contributed by atoms with Gasteiger partial charge >= 0.3 is 5.97 Å². The maximum Gasteiger partial charge on any atom is 0.309 e. The molecule has 1 fully saturated rings. The van der Waals surface area contributed by atoms with Gasteiger partial charge in [0.2, 0.25) is 11.8 Å². The molecule has 2 N–H and O–H groups in total. The lowest BCUT2D eigenvalue weighted by atomic mass is 9.80. The lowest BCUT2D eigenvalue weighted by Crippen LogP contribution is -2.53. The van der Waals surface area contributed by atoms with Crippen molar-refractivity contribution in [2.75, 3.05) is 13.1 Å².